The number of hydrogen-bond donors (Lipinski definition) is 1. The van der Waals surface area contributed by atoms with Gasteiger partial charge in [-0.1, -0.05) is 30.3 Å². The molecule has 1 fully saturated rings. The summed E-state index contributed by atoms with van der Waals surface area (Å²) in [5, 5.41) is 10.8. The van der Waals surface area contributed by atoms with Crippen molar-refractivity contribution >= 4 is 6.09 Å². The topological polar surface area (TPSA) is 68.2 Å². The number of terminal acetylenes is 1. The fourth-order valence-corrected chi connectivity index (χ4v) is 3.01. The average molecular weight is 375 g/mol. The summed E-state index contributed by atoms with van der Waals surface area (Å²) in [5.74, 6) is 2.51. The second kappa shape index (κ2) is 9.23. The van der Waals surface area contributed by atoms with Crippen molar-refractivity contribution in [1.29, 1.82) is 0 Å². The van der Waals surface area contributed by atoms with E-state index >= 15 is 0 Å². The molecule has 148 valence electrons. The Bertz CT molecular complexity index is 649. The standard InChI is InChI=1S/C21H29NO5/c1-6-10-16-19(23)18(22(5)20(24)27-21(2,3)4)17(14-26-16)25-13-15-11-8-7-9-12-15/h1,7-9,11-12,16-19,23H,10,13-14H2,2-5H3/t16-,17-,18-,19-/m1/s1. The van der Waals surface area contributed by atoms with Gasteiger partial charge in [-0.25, -0.2) is 4.79 Å². The summed E-state index contributed by atoms with van der Waals surface area (Å²) >= 11 is 0. The minimum atomic E-state index is -0.979. The van der Waals surface area contributed by atoms with Gasteiger partial charge in [0.15, 0.2) is 0 Å². The van der Waals surface area contributed by atoms with Crippen molar-refractivity contribution in [2.45, 2.75) is 63.8 Å². The van der Waals surface area contributed by atoms with E-state index in [0.29, 0.717) is 6.61 Å². The van der Waals surface area contributed by atoms with Crippen LogP contribution in [0.15, 0.2) is 30.3 Å². The summed E-state index contributed by atoms with van der Waals surface area (Å²) in [7, 11) is 1.60. The van der Waals surface area contributed by atoms with Crippen LogP contribution in [-0.4, -0.2) is 59.7 Å². The van der Waals surface area contributed by atoms with Gasteiger partial charge >= 0.3 is 6.09 Å². The highest BCUT2D eigenvalue weighted by Gasteiger charge is 2.44. The molecule has 1 amide bonds. The first-order valence-electron chi connectivity index (χ1n) is 9.07. The molecule has 0 aromatic heterocycles. The van der Waals surface area contributed by atoms with E-state index in [1.165, 1.54) is 4.90 Å². The molecule has 1 aliphatic rings. The van der Waals surface area contributed by atoms with Crippen molar-refractivity contribution in [2.24, 2.45) is 0 Å². The molecule has 0 unspecified atom stereocenters. The Morgan fingerprint density at radius 1 is 1.37 bits per heavy atom. The van der Waals surface area contributed by atoms with Crippen LogP contribution in [0.25, 0.3) is 0 Å². The molecule has 1 aromatic carbocycles. The summed E-state index contributed by atoms with van der Waals surface area (Å²) in [6.07, 6.45) is 3.07. The van der Waals surface area contributed by atoms with Gasteiger partial charge in [0.1, 0.15) is 17.8 Å². The van der Waals surface area contributed by atoms with Crippen molar-refractivity contribution in [3.05, 3.63) is 35.9 Å². The lowest BCUT2D eigenvalue weighted by molar-refractivity contribution is -0.179. The van der Waals surface area contributed by atoms with E-state index < -0.39 is 36.0 Å². The molecule has 1 N–H and O–H groups in total. The van der Waals surface area contributed by atoms with E-state index in [1.807, 2.05) is 30.3 Å². The maximum Gasteiger partial charge on any atom is 0.410 e. The van der Waals surface area contributed by atoms with E-state index in [1.54, 1.807) is 27.8 Å². The van der Waals surface area contributed by atoms with Gasteiger partial charge in [-0.15, -0.1) is 12.3 Å². The van der Waals surface area contributed by atoms with E-state index in [4.69, 9.17) is 20.6 Å². The molecule has 0 radical (unpaired) electrons. The number of carbonyl (C=O) groups excluding carboxylic acids is 1. The summed E-state index contributed by atoms with van der Waals surface area (Å²) in [5.41, 5.74) is 0.358. The minimum Gasteiger partial charge on any atom is -0.444 e. The van der Waals surface area contributed by atoms with Crippen molar-refractivity contribution < 1.29 is 24.1 Å². The van der Waals surface area contributed by atoms with Gasteiger partial charge in [-0.2, -0.15) is 0 Å². The predicted octanol–water partition coefficient (Wildman–Crippen LogP) is 2.59. The number of likely N-dealkylation sites (N-methyl/N-ethyl adjacent to an activating group) is 1. The normalized spacial score (nSPS) is 25.5. The van der Waals surface area contributed by atoms with Crippen LogP contribution in [0, 0.1) is 12.3 Å². The zero-order valence-corrected chi connectivity index (χ0v) is 16.4. The number of rotatable bonds is 5. The largest absolute Gasteiger partial charge is 0.444 e. The lowest BCUT2D eigenvalue weighted by atomic mass is 9.94. The highest BCUT2D eigenvalue weighted by atomic mass is 16.6. The summed E-state index contributed by atoms with van der Waals surface area (Å²) in [6.45, 7) is 5.96. The molecule has 1 heterocycles. The van der Waals surface area contributed by atoms with Crippen LogP contribution in [0.4, 0.5) is 4.79 Å². The Morgan fingerprint density at radius 3 is 2.63 bits per heavy atom. The van der Waals surface area contributed by atoms with E-state index in [9.17, 15) is 9.90 Å². The van der Waals surface area contributed by atoms with Crippen LogP contribution in [0.3, 0.4) is 0 Å². The van der Waals surface area contributed by atoms with Gasteiger partial charge in [0, 0.05) is 13.5 Å². The second-order valence-electron chi connectivity index (χ2n) is 7.69. The third-order valence-corrected chi connectivity index (χ3v) is 4.34. The lowest BCUT2D eigenvalue weighted by Crippen LogP contribution is -2.61. The molecule has 0 spiro atoms. The first-order valence-corrected chi connectivity index (χ1v) is 9.07. The van der Waals surface area contributed by atoms with Gasteiger partial charge in [0.25, 0.3) is 0 Å². The number of aliphatic hydroxyl groups excluding tert-OH is 1. The highest BCUT2D eigenvalue weighted by molar-refractivity contribution is 5.68. The Labute approximate surface area is 161 Å². The second-order valence-corrected chi connectivity index (χ2v) is 7.69. The Balaban J connectivity index is 2.15. The van der Waals surface area contributed by atoms with Crippen LogP contribution in [0.1, 0.15) is 32.8 Å². The average Bonchev–Trinajstić information content (AvgIpc) is 2.61. The minimum absolute atomic E-state index is 0.230. The number of nitrogens with zero attached hydrogens (tertiary/aromatic N) is 1. The number of aliphatic hydroxyl groups is 1. The van der Waals surface area contributed by atoms with Gasteiger partial charge in [-0.05, 0) is 26.3 Å². The summed E-state index contributed by atoms with van der Waals surface area (Å²) in [6, 6.07) is 9.06. The zero-order chi connectivity index (χ0) is 20.0. The van der Waals surface area contributed by atoms with Crippen LogP contribution < -0.4 is 0 Å². The molecule has 2 rings (SSSR count). The zero-order valence-electron chi connectivity index (χ0n) is 16.4. The maximum atomic E-state index is 12.5. The van der Waals surface area contributed by atoms with E-state index in [2.05, 4.69) is 5.92 Å². The van der Waals surface area contributed by atoms with Crippen LogP contribution in [-0.2, 0) is 20.8 Å². The van der Waals surface area contributed by atoms with Crippen molar-refractivity contribution in [3.8, 4) is 12.3 Å². The molecular weight excluding hydrogens is 346 g/mol. The van der Waals surface area contributed by atoms with Gasteiger partial charge in [0.2, 0.25) is 0 Å². The fraction of sp³-hybridized carbons (Fsp3) is 0.571. The Morgan fingerprint density at radius 2 is 2.04 bits per heavy atom. The smallest absolute Gasteiger partial charge is 0.410 e. The maximum absolute atomic E-state index is 12.5. The molecule has 1 saturated heterocycles. The highest BCUT2D eigenvalue weighted by Crippen LogP contribution is 2.26. The fourth-order valence-electron chi connectivity index (χ4n) is 3.01. The molecule has 4 atom stereocenters. The molecule has 1 aromatic rings. The number of hydrogen-bond acceptors (Lipinski definition) is 5. The third kappa shape index (κ3) is 5.96. The van der Waals surface area contributed by atoms with Crippen molar-refractivity contribution in [1.82, 2.24) is 4.90 Å². The quantitative estimate of drug-likeness (QED) is 0.801. The number of carbonyl (C=O) groups is 1. The molecule has 0 aliphatic carbocycles. The summed E-state index contributed by atoms with van der Waals surface area (Å²) in [4.78, 5) is 13.9. The monoisotopic (exact) mass is 375 g/mol. The molecule has 1 aliphatic heterocycles. The van der Waals surface area contributed by atoms with Crippen LogP contribution in [0.5, 0.6) is 0 Å². The van der Waals surface area contributed by atoms with E-state index in [0.717, 1.165) is 5.56 Å². The first-order chi connectivity index (χ1) is 12.7. The number of amides is 1. The molecule has 0 saturated carbocycles. The molecular formula is C21H29NO5. The van der Waals surface area contributed by atoms with Gasteiger partial charge in [-0.3, -0.25) is 0 Å². The SMILES string of the molecule is C#CC[C@H]1OC[C@@H](OCc2ccccc2)[C@@H](N(C)C(=O)OC(C)(C)C)[C@@H]1O. The Kier molecular flexibility index (Phi) is 7.25. The Hall–Kier alpha value is -2.07. The molecule has 27 heavy (non-hydrogen) atoms. The van der Waals surface area contributed by atoms with Gasteiger partial charge < -0.3 is 24.2 Å². The lowest BCUT2D eigenvalue weighted by Gasteiger charge is -2.44. The number of ether oxygens (including phenoxy) is 3. The van der Waals surface area contributed by atoms with Crippen molar-refractivity contribution in [3.63, 3.8) is 0 Å². The van der Waals surface area contributed by atoms with Crippen molar-refractivity contribution in [2.75, 3.05) is 13.7 Å². The predicted molar refractivity (Wildman–Crippen MR) is 102 cm³/mol. The first kappa shape index (κ1) is 21.2. The third-order valence-electron chi connectivity index (χ3n) is 4.34. The number of benzene rings is 1. The van der Waals surface area contributed by atoms with Gasteiger partial charge in [0.05, 0.1) is 25.4 Å². The molecule has 6 nitrogen and oxygen atoms in total. The van der Waals surface area contributed by atoms with E-state index in [-0.39, 0.29) is 13.0 Å². The molecule has 0 bridgehead atoms. The van der Waals surface area contributed by atoms with Crippen LogP contribution >= 0.6 is 0 Å². The summed E-state index contributed by atoms with van der Waals surface area (Å²) < 4.78 is 17.1. The van der Waals surface area contributed by atoms with Crippen LogP contribution in [0.2, 0.25) is 0 Å². The molecule has 6 heteroatoms.